The Kier molecular flexibility index (Phi) is 17.8. The second-order valence-electron chi connectivity index (χ2n) is 11.4. The van der Waals surface area contributed by atoms with Gasteiger partial charge >= 0.3 is 17.9 Å². The quantitative estimate of drug-likeness (QED) is 0.0838. The zero-order valence-corrected chi connectivity index (χ0v) is 27.4. The number of nitrogens with two attached hydrogens (primary N) is 1. The maximum atomic E-state index is 13.3. The number of aliphatic hydroxyl groups is 1. The molecule has 22 heteroatoms. The molecule has 1 aliphatic heterocycles. The smallest absolute Gasteiger partial charge is 0.305 e. The van der Waals surface area contributed by atoms with Crippen LogP contribution in [0.2, 0.25) is 0 Å². The number of hydrogen-bond acceptors (Lipinski definition) is 12. The van der Waals surface area contributed by atoms with Crippen LogP contribution in [0.4, 0.5) is 0 Å². The zero-order valence-electron chi connectivity index (χ0n) is 27.4. The van der Waals surface area contributed by atoms with Crippen molar-refractivity contribution in [2.24, 2.45) is 5.73 Å². The average Bonchev–Trinajstić information content (AvgIpc) is 3.01. The third-order valence-corrected chi connectivity index (χ3v) is 7.14. The number of nitrogens with one attached hydrogen (secondary N) is 7. The van der Waals surface area contributed by atoms with E-state index in [0.717, 1.165) is 13.8 Å². The van der Waals surface area contributed by atoms with Crippen LogP contribution in [0, 0.1) is 0 Å². The number of unbranched alkanes of at least 4 members (excludes halogenated alkanes) is 1. The molecule has 1 heterocycles. The number of carboxylic acids is 3. The number of aliphatic carboxylic acids is 3. The molecule has 0 bridgehead atoms. The first-order chi connectivity index (χ1) is 23.4. The lowest BCUT2D eigenvalue weighted by molar-refractivity contribution is -0.142. The maximum Gasteiger partial charge on any atom is 0.305 e. The highest BCUT2D eigenvalue weighted by molar-refractivity contribution is 5.99. The molecule has 13 N–H and O–H groups in total. The Bertz CT molecular complexity index is 1310. The van der Waals surface area contributed by atoms with Gasteiger partial charge in [0.15, 0.2) is 0 Å². The van der Waals surface area contributed by atoms with Crippen molar-refractivity contribution in [1.29, 1.82) is 0 Å². The number of amides is 7. The second kappa shape index (κ2) is 20.9. The number of carboxylic acid groups (broad SMARTS) is 3. The van der Waals surface area contributed by atoms with Gasteiger partial charge in [-0.25, -0.2) is 0 Å². The summed E-state index contributed by atoms with van der Waals surface area (Å²) in [4.78, 5) is 126. The molecule has 0 aromatic heterocycles. The van der Waals surface area contributed by atoms with Crippen molar-refractivity contribution in [3.63, 3.8) is 0 Å². The predicted molar refractivity (Wildman–Crippen MR) is 166 cm³/mol. The monoisotopic (exact) mass is 716 g/mol. The van der Waals surface area contributed by atoms with E-state index in [1.807, 2.05) is 0 Å². The Balaban J connectivity index is 3.61. The van der Waals surface area contributed by atoms with Crippen molar-refractivity contribution < 1.29 is 68.4 Å². The van der Waals surface area contributed by atoms with E-state index in [2.05, 4.69) is 37.2 Å². The van der Waals surface area contributed by atoms with E-state index in [9.17, 15) is 63.3 Å². The summed E-state index contributed by atoms with van der Waals surface area (Å²) in [7, 11) is 0. The topological polar surface area (TPSA) is 362 Å². The number of aliphatic hydroxyl groups excluding tert-OH is 1. The Morgan fingerprint density at radius 3 is 1.68 bits per heavy atom. The summed E-state index contributed by atoms with van der Waals surface area (Å²) in [6.45, 7) is 1.50. The summed E-state index contributed by atoms with van der Waals surface area (Å²) in [5.41, 5.74) is 5.51. The Labute approximate surface area is 285 Å². The van der Waals surface area contributed by atoms with E-state index in [1.54, 1.807) is 0 Å². The standard InChI is InChI=1S/C28H44N8O14/c1-12-23(45)33-15(6-7-19(39)40)25(47)36-22(13(2)37)28(50)30-11-18(38)32-16(9-20(41)42)27(49)34-14(5-3-4-8-29)24(46)35-17(10-21(43)44)26(48)31-12/h12-17,22,37H,3-11,29H2,1-2H3,(H,30,50)(H,31,48)(H,32,38)(H,33,45)(H,34,49)(H,35,46)(H,36,47)(H,39,40)(H,41,42)(H,43,44)/t12-,13+,14-,15-,16-,17-,22-/m0/s1. The minimum Gasteiger partial charge on any atom is -0.481 e. The minimum absolute atomic E-state index is 0.127. The van der Waals surface area contributed by atoms with Gasteiger partial charge in [-0.2, -0.15) is 0 Å². The third-order valence-electron chi connectivity index (χ3n) is 7.14. The van der Waals surface area contributed by atoms with Crippen molar-refractivity contribution in [3.05, 3.63) is 0 Å². The molecule has 22 nitrogen and oxygen atoms in total. The first kappa shape index (κ1) is 42.6. The molecule has 1 aliphatic rings. The van der Waals surface area contributed by atoms with Crippen molar-refractivity contribution in [2.45, 2.75) is 101 Å². The fourth-order valence-corrected chi connectivity index (χ4v) is 4.47. The highest BCUT2D eigenvalue weighted by Crippen LogP contribution is 2.07. The van der Waals surface area contributed by atoms with Crippen molar-refractivity contribution in [1.82, 2.24) is 37.2 Å². The van der Waals surface area contributed by atoms with Crippen LogP contribution in [0.25, 0.3) is 0 Å². The van der Waals surface area contributed by atoms with Gasteiger partial charge in [-0.3, -0.25) is 47.9 Å². The van der Waals surface area contributed by atoms with Gasteiger partial charge < -0.3 is 63.4 Å². The number of carbonyl (C=O) groups excluding carboxylic acids is 7. The summed E-state index contributed by atoms with van der Waals surface area (Å²) in [5.74, 6) is -12.4. The molecule has 1 saturated heterocycles. The maximum absolute atomic E-state index is 13.3. The molecule has 1 fully saturated rings. The molecular formula is C28H44N8O14. The van der Waals surface area contributed by atoms with Gasteiger partial charge in [0.1, 0.15) is 36.3 Å². The minimum atomic E-state index is -1.83. The van der Waals surface area contributed by atoms with Crippen molar-refractivity contribution in [2.75, 3.05) is 13.1 Å². The average molecular weight is 717 g/mol. The van der Waals surface area contributed by atoms with Gasteiger partial charge in [-0.1, -0.05) is 0 Å². The Morgan fingerprint density at radius 1 is 0.660 bits per heavy atom. The van der Waals surface area contributed by atoms with E-state index in [-0.39, 0.29) is 19.4 Å². The molecule has 0 saturated carbocycles. The summed E-state index contributed by atoms with van der Waals surface area (Å²) < 4.78 is 0. The van der Waals surface area contributed by atoms with Gasteiger partial charge in [-0.05, 0) is 46.1 Å². The summed E-state index contributed by atoms with van der Waals surface area (Å²) >= 11 is 0. The summed E-state index contributed by atoms with van der Waals surface area (Å²) in [6, 6.07) is -10.1. The molecule has 7 amide bonds. The summed E-state index contributed by atoms with van der Waals surface area (Å²) in [5, 5.41) is 53.3. The van der Waals surface area contributed by atoms with Crippen LogP contribution in [0.5, 0.6) is 0 Å². The summed E-state index contributed by atoms with van der Waals surface area (Å²) in [6.07, 6.45) is -4.33. The molecule has 0 radical (unpaired) electrons. The molecule has 0 unspecified atom stereocenters. The van der Waals surface area contributed by atoms with Crippen LogP contribution < -0.4 is 43.0 Å². The Morgan fingerprint density at radius 2 is 1.14 bits per heavy atom. The van der Waals surface area contributed by atoms with Crippen LogP contribution >= 0.6 is 0 Å². The SMILES string of the molecule is C[C@@H]1NC(=O)[C@H](CC(=O)O)NC(=O)[C@H](CCCCN)NC(=O)[C@H](CC(=O)O)NC(=O)CNC(=O)[C@H]([C@@H](C)O)NC(=O)[C@H](CCC(=O)O)NC1=O. The highest BCUT2D eigenvalue weighted by atomic mass is 16.4. The number of rotatable bonds is 12. The largest absolute Gasteiger partial charge is 0.481 e. The van der Waals surface area contributed by atoms with E-state index in [4.69, 9.17) is 10.8 Å². The fraction of sp³-hybridized carbons (Fsp3) is 0.643. The molecule has 0 aromatic carbocycles. The van der Waals surface area contributed by atoms with Crippen molar-refractivity contribution >= 4 is 59.3 Å². The molecule has 7 atom stereocenters. The van der Waals surface area contributed by atoms with Gasteiger partial charge in [0, 0.05) is 6.42 Å². The molecule has 0 spiro atoms. The van der Waals surface area contributed by atoms with E-state index in [1.165, 1.54) is 0 Å². The molecule has 0 aromatic rings. The molecular weight excluding hydrogens is 672 g/mol. The highest BCUT2D eigenvalue weighted by Gasteiger charge is 2.35. The van der Waals surface area contributed by atoms with E-state index in [0.29, 0.717) is 6.42 Å². The van der Waals surface area contributed by atoms with Crippen LogP contribution in [-0.2, 0) is 47.9 Å². The molecule has 50 heavy (non-hydrogen) atoms. The molecule has 280 valence electrons. The van der Waals surface area contributed by atoms with E-state index < -0.39 is 134 Å². The lowest BCUT2D eigenvalue weighted by Crippen LogP contribution is -2.60. The Hall–Kier alpha value is -5.38. The van der Waals surface area contributed by atoms with Crippen molar-refractivity contribution in [3.8, 4) is 0 Å². The molecule has 1 rings (SSSR count). The zero-order chi connectivity index (χ0) is 38.1. The van der Waals surface area contributed by atoms with Crippen LogP contribution in [0.1, 0.15) is 58.8 Å². The van der Waals surface area contributed by atoms with Gasteiger partial charge in [-0.15, -0.1) is 0 Å². The van der Waals surface area contributed by atoms with Crippen LogP contribution in [0.15, 0.2) is 0 Å². The normalized spacial score (nSPS) is 25.6. The van der Waals surface area contributed by atoms with Crippen LogP contribution in [-0.4, -0.2) is 135 Å². The first-order valence-corrected chi connectivity index (χ1v) is 15.5. The predicted octanol–water partition coefficient (Wildman–Crippen LogP) is -5.63. The van der Waals surface area contributed by atoms with Gasteiger partial charge in [0.2, 0.25) is 41.4 Å². The van der Waals surface area contributed by atoms with E-state index >= 15 is 0 Å². The number of hydrogen-bond donors (Lipinski definition) is 12. The number of carbonyl (C=O) groups is 10. The van der Waals surface area contributed by atoms with Crippen LogP contribution in [0.3, 0.4) is 0 Å². The molecule has 0 aliphatic carbocycles. The fourth-order valence-electron chi connectivity index (χ4n) is 4.47. The second-order valence-corrected chi connectivity index (χ2v) is 11.4. The first-order valence-electron chi connectivity index (χ1n) is 15.5. The third kappa shape index (κ3) is 15.2. The lowest BCUT2D eigenvalue weighted by atomic mass is 10.1. The lowest BCUT2D eigenvalue weighted by Gasteiger charge is -2.26. The van der Waals surface area contributed by atoms with Gasteiger partial charge in [0.05, 0.1) is 25.5 Å². The van der Waals surface area contributed by atoms with Gasteiger partial charge in [0.25, 0.3) is 0 Å².